The van der Waals surface area contributed by atoms with Crippen molar-refractivity contribution >= 4 is 15.9 Å². The van der Waals surface area contributed by atoms with Crippen molar-refractivity contribution in [2.24, 2.45) is 22.7 Å². The van der Waals surface area contributed by atoms with Gasteiger partial charge in [-0.2, -0.15) is 0 Å². The summed E-state index contributed by atoms with van der Waals surface area (Å²) in [6.45, 7) is 4.44. The van der Waals surface area contributed by atoms with Crippen molar-refractivity contribution in [3.63, 3.8) is 0 Å². The fraction of sp³-hybridized carbons (Fsp3) is 0.824. The Morgan fingerprint density at radius 1 is 1.23 bits per heavy atom. The average Bonchev–Trinajstić information content (AvgIpc) is 2.94. The second kappa shape index (κ2) is 4.37. The lowest BCUT2D eigenvalue weighted by atomic mass is 9.69. The largest absolute Gasteiger partial charge is 0.273 e. The van der Waals surface area contributed by atoms with Crippen molar-refractivity contribution in [1.82, 2.24) is 4.31 Å². The molecule has 3 aliphatic carbocycles. The molecular formula is C17H25NO3S. The molecule has 4 atom stereocenters. The Morgan fingerprint density at radius 3 is 2.64 bits per heavy atom. The molecule has 0 aromatic heterocycles. The van der Waals surface area contributed by atoms with Gasteiger partial charge in [0.2, 0.25) is 15.9 Å². The molecule has 1 aliphatic heterocycles. The zero-order chi connectivity index (χ0) is 15.8. The minimum atomic E-state index is -3.45. The molecule has 122 valence electrons. The highest BCUT2D eigenvalue weighted by Crippen LogP contribution is 2.70. The van der Waals surface area contributed by atoms with Crippen LogP contribution in [-0.2, 0) is 14.8 Å². The number of carbonyl (C=O) groups excluding carboxylic acids is 1. The Kier molecular flexibility index (Phi) is 2.93. The van der Waals surface area contributed by atoms with E-state index in [1.54, 1.807) is 0 Å². The number of amides is 1. The quantitative estimate of drug-likeness (QED) is 0.697. The SMILES string of the molecule is CC1(C)[C@H]2CC[C@@]13CS(=O)(=O)N(C(=O)[C@H]1CC=CCC1)[C@H]3C2. The fourth-order valence-electron chi connectivity index (χ4n) is 5.78. The van der Waals surface area contributed by atoms with Crippen molar-refractivity contribution in [3.8, 4) is 0 Å². The number of hydrogen-bond donors (Lipinski definition) is 0. The number of allylic oxidation sites excluding steroid dienone is 2. The first-order valence-electron chi connectivity index (χ1n) is 8.50. The highest BCUT2D eigenvalue weighted by atomic mass is 32.2. The first-order chi connectivity index (χ1) is 10.3. The molecule has 0 unspecified atom stereocenters. The number of rotatable bonds is 1. The monoisotopic (exact) mass is 323 g/mol. The van der Waals surface area contributed by atoms with Gasteiger partial charge in [0.1, 0.15) is 0 Å². The maximum Gasteiger partial charge on any atom is 0.239 e. The first-order valence-corrected chi connectivity index (χ1v) is 10.1. The van der Waals surface area contributed by atoms with Crippen LogP contribution in [0.15, 0.2) is 12.2 Å². The second-order valence-corrected chi connectivity index (χ2v) is 10.1. The van der Waals surface area contributed by atoms with E-state index in [1.165, 1.54) is 4.31 Å². The molecule has 2 saturated carbocycles. The summed E-state index contributed by atoms with van der Waals surface area (Å²) < 4.78 is 27.0. The summed E-state index contributed by atoms with van der Waals surface area (Å²) in [6, 6.07) is -0.0790. The van der Waals surface area contributed by atoms with E-state index in [-0.39, 0.29) is 34.4 Å². The molecule has 2 bridgehead atoms. The zero-order valence-electron chi connectivity index (χ0n) is 13.4. The maximum absolute atomic E-state index is 13.0. The van der Waals surface area contributed by atoms with Crippen LogP contribution in [0.3, 0.4) is 0 Å². The van der Waals surface area contributed by atoms with Crippen LogP contribution in [0.25, 0.3) is 0 Å². The Hall–Kier alpha value is -0.840. The molecular weight excluding hydrogens is 298 g/mol. The summed E-state index contributed by atoms with van der Waals surface area (Å²) in [4.78, 5) is 13.0. The molecule has 1 spiro atoms. The van der Waals surface area contributed by atoms with Gasteiger partial charge in [-0.25, -0.2) is 12.7 Å². The summed E-state index contributed by atoms with van der Waals surface area (Å²) in [5.41, 5.74) is -0.164. The highest BCUT2D eigenvalue weighted by Gasteiger charge is 2.72. The molecule has 4 rings (SSSR count). The third-order valence-corrected chi connectivity index (χ3v) is 9.16. The van der Waals surface area contributed by atoms with E-state index in [1.807, 2.05) is 6.08 Å². The van der Waals surface area contributed by atoms with Gasteiger partial charge in [-0.05, 0) is 49.9 Å². The molecule has 0 aromatic rings. The molecule has 1 amide bonds. The molecule has 0 N–H and O–H groups in total. The number of fused-ring (bicyclic) bond motifs is 1. The van der Waals surface area contributed by atoms with Crippen molar-refractivity contribution in [2.75, 3.05) is 5.75 Å². The molecule has 1 heterocycles. The summed E-state index contributed by atoms with van der Waals surface area (Å²) >= 11 is 0. The standard InChI is InChI=1S/C17H25NO3S/c1-16(2)13-8-9-17(16)11-22(20,21)18(14(17)10-13)15(19)12-6-4-3-5-7-12/h3-4,12-14H,5-11H2,1-2H3/t12-,13-,14-,17-/m0/s1. The number of carbonyl (C=O) groups is 1. The smallest absolute Gasteiger partial charge is 0.239 e. The summed E-state index contributed by atoms with van der Waals surface area (Å²) in [7, 11) is -3.45. The van der Waals surface area contributed by atoms with Crippen LogP contribution in [0.4, 0.5) is 0 Å². The Morgan fingerprint density at radius 2 is 2.00 bits per heavy atom. The van der Waals surface area contributed by atoms with Gasteiger partial charge >= 0.3 is 0 Å². The number of nitrogens with zero attached hydrogens (tertiary/aromatic N) is 1. The van der Waals surface area contributed by atoms with E-state index in [0.717, 1.165) is 32.1 Å². The van der Waals surface area contributed by atoms with Crippen LogP contribution in [0.1, 0.15) is 52.4 Å². The highest BCUT2D eigenvalue weighted by molar-refractivity contribution is 7.90. The predicted molar refractivity (Wildman–Crippen MR) is 84.5 cm³/mol. The van der Waals surface area contributed by atoms with E-state index >= 15 is 0 Å². The summed E-state index contributed by atoms with van der Waals surface area (Å²) in [5, 5.41) is 0. The van der Waals surface area contributed by atoms with Crippen LogP contribution >= 0.6 is 0 Å². The van der Waals surface area contributed by atoms with Crippen LogP contribution in [0, 0.1) is 22.7 Å². The van der Waals surface area contributed by atoms with Crippen LogP contribution in [0.2, 0.25) is 0 Å². The summed E-state index contributed by atoms with van der Waals surface area (Å²) in [5.74, 6) is 0.476. The summed E-state index contributed by atoms with van der Waals surface area (Å²) in [6.07, 6.45) is 9.43. The lowest BCUT2D eigenvalue weighted by Gasteiger charge is -2.37. The van der Waals surface area contributed by atoms with E-state index in [9.17, 15) is 13.2 Å². The third kappa shape index (κ3) is 1.64. The third-order valence-electron chi connectivity index (χ3n) is 7.25. The van der Waals surface area contributed by atoms with Gasteiger partial charge in [0.05, 0.1) is 11.8 Å². The van der Waals surface area contributed by atoms with Crippen molar-refractivity contribution in [2.45, 2.75) is 58.4 Å². The van der Waals surface area contributed by atoms with E-state index in [0.29, 0.717) is 12.3 Å². The molecule has 4 aliphatic rings. The van der Waals surface area contributed by atoms with Crippen LogP contribution < -0.4 is 0 Å². The number of sulfonamides is 1. The Labute approximate surface area is 133 Å². The molecule has 5 heteroatoms. The van der Waals surface area contributed by atoms with E-state index < -0.39 is 10.0 Å². The van der Waals surface area contributed by atoms with Gasteiger partial charge in [0, 0.05) is 11.3 Å². The average molecular weight is 323 g/mol. The second-order valence-electron chi connectivity index (χ2n) is 8.24. The molecule has 1 saturated heterocycles. The van der Waals surface area contributed by atoms with Crippen LogP contribution in [-0.4, -0.2) is 30.4 Å². The molecule has 0 aromatic carbocycles. The fourth-order valence-corrected chi connectivity index (χ4v) is 8.37. The molecule has 3 fully saturated rings. The van der Waals surface area contributed by atoms with E-state index in [2.05, 4.69) is 19.9 Å². The lowest BCUT2D eigenvalue weighted by molar-refractivity contribution is -0.133. The lowest BCUT2D eigenvalue weighted by Crippen LogP contribution is -2.46. The Bertz CT molecular complexity index is 651. The number of hydrogen-bond acceptors (Lipinski definition) is 3. The van der Waals surface area contributed by atoms with Crippen LogP contribution in [0.5, 0.6) is 0 Å². The van der Waals surface area contributed by atoms with E-state index in [4.69, 9.17) is 0 Å². The van der Waals surface area contributed by atoms with Gasteiger partial charge in [-0.1, -0.05) is 26.0 Å². The minimum Gasteiger partial charge on any atom is -0.273 e. The molecule has 0 radical (unpaired) electrons. The first kappa shape index (κ1) is 14.7. The van der Waals surface area contributed by atoms with Crippen molar-refractivity contribution in [3.05, 3.63) is 12.2 Å². The minimum absolute atomic E-state index is 0.0340. The van der Waals surface area contributed by atoms with Gasteiger partial charge in [-0.15, -0.1) is 0 Å². The maximum atomic E-state index is 13.0. The normalized spacial score (nSPS) is 44.3. The zero-order valence-corrected chi connectivity index (χ0v) is 14.2. The Balaban J connectivity index is 1.72. The van der Waals surface area contributed by atoms with Gasteiger partial charge < -0.3 is 0 Å². The molecule has 22 heavy (non-hydrogen) atoms. The van der Waals surface area contributed by atoms with Gasteiger partial charge in [0.25, 0.3) is 0 Å². The topological polar surface area (TPSA) is 54.5 Å². The predicted octanol–water partition coefficient (Wildman–Crippen LogP) is 2.71. The van der Waals surface area contributed by atoms with Crippen molar-refractivity contribution < 1.29 is 13.2 Å². The molecule has 4 nitrogen and oxygen atoms in total. The van der Waals surface area contributed by atoms with Gasteiger partial charge in [0.15, 0.2) is 0 Å². The van der Waals surface area contributed by atoms with Crippen molar-refractivity contribution in [1.29, 1.82) is 0 Å². The van der Waals surface area contributed by atoms with Gasteiger partial charge in [-0.3, -0.25) is 4.79 Å².